The quantitative estimate of drug-likeness (QED) is 0.899. The minimum Gasteiger partial charge on any atom is -0.455 e. The molecule has 20 heavy (non-hydrogen) atoms. The Morgan fingerprint density at radius 1 is 1.20 bits per heavy atom. The highest BCUT2D eigenvalue weighted by Crippen LogP contribution is 2.32. The van der Waals surface area contributed by atoms with Gasteiger partial charge < -0.3 is 15.1 Å². The van der Waals surface area contributed by atoms with Gasteiger partial charge in [0.2, 0.25) is 0 Å². The molecule has 0 unspecified atom stereocenters. The number of amides is 1. The summed E-state index contributed by atoms with van der Waals surface area (Å²) in [4.78, 5) is 14.7. The summed E-state index contributed by atoms with van der Waals surface area (Å²) in [7, 11) is 0. The fourth-order valence-corrected chi connectivity index (χ4v) is 3.18. The molecular formula is C16H24N2O2. The predicted molar refractivity (Wildman–Crippen MR) is 77.2 cm³/mol. The molecule has 0 aromatic carbocycles. The Hall–Kier alpha value is -1.29. The molecule has 1 aromatic rings. The SMILES string of the molecule is NCc1ccc(C(=O)N(CC2CCCCC2)C2CC2)o1. The van der Waals surface area contributed by atoms with E-state index in [-0.39, 0.29) is 5.91 Å². The molecule has 2 fully saturated rings. The highest BCUT2D eigenvalue weighted by molar-refractivity contribution is 5.92. The van der Waals surface area contributed by atoms with Gasteiger partial charge >= 0.3 is 0 Å². The van der Waals surface area contributed by atoms with Crippen LogP contribution in [0.1, 0.15) is 61.3 Å². The van der Waals surface area contributed by atoms with E-state index in [1.165, 1.54) is 32.1 Å². The number of carbonyl (C=O) groups is 1. The summed E-state index contributed by atoms with van der Waals surface area (Å²) in [6.45, 7) is 1.25. The molecule has 3 rings (SSSR count). The van der Waals surface area contributed by atoms with Crippen LogP contribution < -0.4 is 5.73 Å². The first-order valence-electron chi connectivity index (χ1n) is 7.87. The summed E-state index contributed by atoms with van der Waals surface area (Å²) in [6.07, 6.45) is 8.80. The molecule has 0 bridgehead atoms. The van der Waals surface area contributed by atoms with Gasteiger partial charge in [-0.1, -0.05) is 19.3 Å². The van der Waals surface area contributed by atoms with Gasteiger partial charge in [0.1, 0.15) is 5.76 Å². The van der Waals surface area contributed by atoms with Gasteiger partial charge in [-0.15, -0.1) is 0 Å². The third-order valence-electron chi connectivity index (χ3n) is 4.50. The van der Waals surface area contributed by atoms with Crippen molar-refractivity contribution in [1.82, 2.24) is 4.90 Å². The summed E-state index contributed by atoms with van der Waals surface area (Å²) in [6, 6.07) is 4.01. The number of furan rings is 1. The van der Waals surface area contributed by atoms with Crippen molar-refractivity contribution in [2.75, 3.05) is 6.54 Å². The van der Waals surface area contributed by atoms with Gasteiger partial charge in [-0.2, -0.15) is 0 Å². The summed E-state index contributed by atoms with van der Waals surface area (Å²) >= 11 is 0. The van der Waals surface area contributed by atoms with Crippen molar-refractivity contribution in [3.05, 3.63) is 23.7 Å². The summed E-state index contributed by atoms with van der Waals surface area (Å²) in [5.74, 6) is 1.87. The van der Waals surface area contributed by atoms with Crippen LogP contribution in [0.25, 0.3) is 0 Å². The Morgan fingerprint density at radius 2 is 1.95 bits per heavy atom. The Bertz CT molecular complexity index is 459. The molecule has 2 N–H and O–H groups in total. The molecule has 1 amide bonds. The number of rotatable bonds is 5. The Morgan fingerprint density at radius 3 is 2.55 bits per heavy atom. The van der Waals surface area contributed by atoms with Gasteiger partial charge in [-0.05, 0) is 43.7 Å². The second-order valence-corrected chi connectivity index (χ2v) is 6.16. The zero-order valence-corrected chi connectivity index (χ0v) is 12.0. The van der Waals surface area contributed by atoms with Crippen LogP contribution in [0.2, 0.25) is 0 Å². The first-order valence-corrected chi connectivity index (χ1v) is 7.87. The minimum atomic E-state index is 0.0535. The Labute approximate surface area is 120 Å². The molecule has 0 aliphatic heterocycles. The fraction of sp³-hybridized carbons (Fsp3) is 0.688. The molecule has 4 heteroatoms. The van der Waals surface area contributed by atoms with E-state index >= 15 is 0 Å². The second kappa shape index (κ2) is 6.00. The van der Waals surface area contributed by atoms with E-state index in [0.29, 0.717) is 30.0 Å². The van der Waals surface area contributed by atoms with Gasteiger partial charge in [-0.3, -0.25) is 4.79 Å². The summed E-state index contributed by atoms with van der Waals surface area (Å²) in [5, 5.41) is 0. The lowest BCUT2D eigenvalue weighted by molar-refractivity contribution is 0.0665. The molecular weight excluding hydrogens is 252 g/mol. The number of carbonyl (C=O) groups excluding carboxylic acids is 1. The van der Waals surface area contributed by atoms with Gasteiger partial charge in [0.25, 0.3) is 5.91 Å². The van der Waals surface area contributed by atoms with Crippen LogP contribution in [0, 0.1) is 5.92 Å². The lowest BCUT2D eigenvalue weighted by Gasteiger charge is -2.29. The first-order chi connectivity index (χ1) is 9.78. The highest BCUT2D eigenvalue weighted by atomic mass is 16.4. The van der Waals surface area contributed by atoms with Crippen LogP contribution in [0.4, 0.5) is 0 Å². The van der Waals surface area contributed by atoms with E-state index in [0.717, 1.165) is 19.4 Å². The van der Waals surface area contributed by atoms with Crippen molar-refractivity contribution in [2.24, 2.45) is 11.7 Å². The monoisotopic (exact) mass is 276 g/mol. The van der Waals surface area contributed by atoms with E-state index in [1.807, 2.05) is 0 Å². The van der Waals surface area contributed by atoms with Gasteiger partial charge in [0, 0.05) is 12.6 Å². The molecule has 1 heterocycles. The third-order valence-corrected chi connectivity index (χ3v) is 4.50. The van der Waals surface area contributed by atoms with Gasteiger partial charge in [0.15, 0.2) is 5.76 Å². The average molecular weight is 276 g/mol. The normalized spacial score (nSPS) is 20.1. The minimum absolute atomic E-state index is 0.0535. The molecule has 2 aliphatic carbocycles. The Balaban J connectivity index is 1.67. The van der Waals surface area contributed by atoms with Crippen LogP contribution in [-0.4, -0.2) is 23.4 Å². The molecule has 4 nitrogen and oxygen atoms in total. The molecule has 0 radical (unpaired) electrons. The van der Waals surface area contributed by atoms with Crippen LogP contribution in [0.15, 0.2) is 16.5 Å². The van der Waals surface area contributed by atoms with Crippen LogP contribution in [0.5, 0.6) is 0 Å². The van der Waals surface area contributed by atoms with Gasteiger partial charge in [0.05, 0.1) is 6.54 Å². The lowest BCUT2D eigenvalue weighted by atomic mass is 9.89. The molecule has 0 atom stereocenters. The van der Waals surface area contributed by atoms with Crippen LogP contribution in [0.3, 0.4) is 0 Å². The summed E-state index contributed by atoms with van der Waals surface area (Å²) < 4.78 is 5.53. The molecule has 1 aromatic heterocycles. The Kier molecular flexibility index (Phi) is 4.10. The predicted octanol–water partition coefficient (Wildman–Crippen LogP) is 2.92. The van der Waals surface area contributed by atoms with Crippen molar-refractivity contribution in [1.29, 1.82) is 0 Å². The molecule has 0 saturated heterocycles. The van der Waals surface area contributed by atoms with E-state index in [1.54, 1.807) is 12.1 Å². The smallest absolute Gasteiger partial charge is 0.289 e. The largest absolute Gasteiger partial charge is 0.455 e. The highest BCUT2D eigenvalue weighted by Gasteiger charge is 2.35. The first kappa shape index (κ1) is 13.7. The molecule has 2 saturated carbocycles. The van der Waals surface area contributed by atoms with Crippen LogP contribution >= 0.6 is 0 Å². The van der Waals surface area contributed by atoms with Gasteiger partial charge in [-0.25, -0.2) is 0 Å². The number of nitrogens with zero attached hydrogens (tertiary/aromatic N) is 1. The number of hydrogen-bond donors (Lipinski definition) is 1. The average Bonchev–Trinajstić information content (AvgIpc) is 3.21. The second-order valence-electron chi connectivity index (χ2n) is 6.16. The lowest BCUT2D eigenvalue weighted by Crippen LogP contribution is -2.37. The van der Waals surface area contributed by atoms with Crippen molar-refractivity contribution < 1.29 is 9.21 Å². The maximum absolute atomic E-state index is 12.6. The van der Waals surface area contributed by atoms with Crippen LogP contribution in [-0.2, 0) is 6.54 Å². The molecule has 2 aliphatic rings. The molecule has 110 valence electrons. The van der Waals surface area contributed by atoms with Crippen molar-refractivity contribution in [3.8, 4) is 0 Å². The third kappa shape index (κ3) is 3.06. The standard InChI is InChI=1S/C16H24N2O2/c17-10-14-8-9-15(20-14)16(19)18(13-6-7-13)11-12-4-2-1-3-5-12/h8-9,12-13H,1-7,10-11,17H2. The maximum atomic E-state index is 12.6. The van der Waals surface area contributed by atoms with E-state index < -0.39 is 0 Å². The zero-order valence-electron chi connectivity index (χ0n) is 12.0. The van der Waals surface area contributed by atoms with Crippen molar-refractivity contribution in [2.45, 2.75) is 57.5 Å². The topological polar surface area (TPSA) is 59.5 Å². The fourth-order valence-electron chi connectivity index (χ4n) is 3.18. The molecule has 0 spiro atoms. The number of hydrogen-bond acceptors (Lipinski definition) is 3. The maximum Gasteiger partial charge on any atom is 0.289 e. The summed E-state index contributed by atoms with van der Waals surface area (Å²) in [5.41, 5.74) is 5.54. The van der Waals surface area contributed by atoms with Crippen molar-refractivity contribution in [3.63, 3.8) is 0 Å². The van der Waals surface area contributed by atoms with Crippen molar-refractivity contribution >= 4 is 5.91 Å². The number of nitrogens with two attached hydrogens (primary N) is 1. The van der Waals surface area contributed by atoms with E-state index in [9.17, 15) is 4.79 Å². The van der Waals surface area contributed by atoms with E-state index in [2.05, 4.69) is 4.90 Å². The van der Waals surface area contributed by atoms with E-state index in [4.69, 9.17) is 10.2 Å². The zero-order chi connectivity index (χ0) is 13.9.